The Morgan fingerprint density at radius 2 is 2.19 bits per heavy atom. The number of thioether (sulfide) groups is 1. The third-order valence-electron chi connectivity index (χ3n) is 2.89. The van der Waals surface area contributed by atoms with Gasteiger partial charge in [0, 0.05) is 4.11 Å². The summed E-state index contributed by atoms with van der Waals surface area (Å²) in [7, 11) is 0. The molecule has 2 aliphatic rings. The molecule has 1 fully saturated rings. The number of carbonyl (C=O) groups excluding carboxylic acids is 2. The van der Waals surface area contributed by atoms with Crippen molar-refractivity contribution in [3.05, 3.63) is 11.0 Å². The Morgan fingerprint density at radius 3 is 2.71 bits per heavy atom. The summed E-state index contributed by atoms with van der Waals surface area (Å²) in [5, 5.41) is 12.3. The molecule has 1 saturated heterocycles. The van der Waals surface area contributed by atoms with Gasteiger partial charge in [0.2, 0.25) is 5.91 Å². The van der Waals surface area contributed by atoms with Crippen LogP contribution in [-0.4, -0.2) is 51.0 Å². The second-order valence-corrected chi connectivity index (χ2v) is 6.70. The van der Waals surface area contributed by atoms with Gasteiger partial charge in [-0.2, -0.15) is 0 Å². The number of rotatable bonds is 2. The van der Waals surface area contributed by atoms with Crippen LogP contribution in [0.3, 0.4) is 0 Å². The van der Waals surface area contributed by atoms with Crippen LogP contribution < -0.4 is 5.32 Å². The average Bonchev–Trinajstić information content (AvgIpc) is 2.39. The molecule has 0 aromatic heterocycles. The van der Waals surface area contributed by atoms with E-state index in [2.05, 4.69) is 5.32 Å². The van der Waals surface area contributed by atoms with Gasteiger partial charge in [-0.05, 0) is 38.6 Å². The van der Waals surface area contributed by atoms with Crippen LogP contribution in [0.1, 0.15) is 31.7 Å². The van der Waals surface area contributed by atoms with Gasteiger partial charge in [0.15, 0.2) is 6.04 Å². The number of hydrogen-bond donors (Lipinski definition) is 2. The van der Waals surface area contributed by atoms with Gasteiger partial charge < -0.3 is 20.1 Å². The lowest BCUT2D eigenvalue weighted by Crippen LogP contribution is -2.73. The molecule has 8 heteroatoms. The number of hydrogen-bond acceptors (Lipinski definition) is 5. The smallest absolute Gasteiger partial charge is 0.408 e. The maximum Gasteiger partial charge on any atom is 0.408 e. The molecule has 2 heterocycles. The first kappa shape index (κ1) is 11.9. The van der Waals surface area contributed by atoms with Crippen LogP contribution in [0.2, 0.25) is 0 Å². The second-order valence-electron chi connectivity index (χ2n) is 5.71. The first-order valence-electron chi connectivity index (χ1n) is 7.73. The zero-order valence-corrected chi connectivity index (χ0v) is 12.6. The van der Waals surface area contributed by atoms with Crippen LogP contribution in [0.25, 0.3) is 0 Å². The monoisotopic (exact) mass is 317 g/mol. The quantitative estimate of drug-likeness (QED) is 0.742. The summed E-state index contributed by atoms with van der Waals surface area (Å²) in [6.45, 7) is 2.39. The summed E-state index contributed by atoms with van der Waals surface area (Å²) in [5.74, 6) is -2.08. The van der Waals surface area contributed by atoms with Crippen molar-refractivity contribution in [2.75, 3.05) is 0 Å². The standard InChI is InChI=1S/C13H18N2O5S/c1-6-5-21-10-7(14-12(19)20-13(2,3)4)9(16)15(10)8(6)11(17)18/h5,7-8,10H,1-4H3,(H,14,19)(H,17,18)/t7-,8-,10-/m1/s1/i1D3. The summed E-state index contributed by atoms with van der Waals surface area (Å²) in [6, 6.07) is -2.52. The minimum atomic E-state index is -2.62. The van der Waals surface area contributed by atoms with E-state index in [0.29, 0.717) is 0 Å². The van der Waals surface area contributed by atoms with Crippen LogP contribution >= 0.6 is 11.8 Å². The summed E-state index contributed by atoms with van der Waals surface area (Å²) in [4.78, 5) is 36.5. The largest absolute Gasteiger partial charge is 0.479 e. The maximum absolute atomic E-state index is 12.3. The highest BCUT2D eigenvalue weighted by Gasteiger charge is 2.55. The minimum absolute atomic E-state index is 0.319. The van der Waals surface area contributed by atoms with Crippen molar-refractivity contribution in [1.82, 2.24) is 10.2 Å². The van der Waals surface area contributed by atoms with Gasteiger partial charge in [0.05, 0.1) is 0 Å². The van der Waals surface area contributed by atoms with E-state index in [1.54, 1.807) is 20.8 Å². The number of ether oxygens (including phenoxy) is 1. The molecule has 0 aliphatic carbocycles. The van der Waals surface area contributed by atoms with E-state index in [1.165, 1.54) is 5.41 Å². The second kappa shape index (κ2) is 5.25. The number of amides is 2. The van der Waals surface area contributed by atoms with E-state index < -0.39 is 47.9 Å². The molecule has 0 radical (unpaired) electrons. The predicted molar refractivity (Wildman–Crippen MR) is 76.6 cm³/mol. The molecule has 2 amide bonds. The van der Waals surface area contributed by atoms with E-state index in [-0.39, 0.29) is 5.57 Å². The van der Waals surface area contributed by atoms with Crippen molar-refractivity contribution < 1.29 is 28.3 Å². The van der Waals surface area contributed by atoms with Crippen LogP contribution in [0, 0.1) is 0 Å². The van der Waals surface area contributed by atoms with Gasteiger partial charge in [-0.15, -0.1) is 11.8 Å². The molecule has 0 aromatic carbocycles. The van der Waals surface area contributed by atoms with Crippen molar-refractivity contribution in [1.29, 1.82) is 0 Å². The van der Waals surface area contributed by atoms with Crippen LogP contribution in [-0.2, 0) is 14.3 Å². The molecule has 0 bridgehead atoms. The Labute approximate surface area is 130 Å². The highest BCUT2D eigenvalue weighted by Crippen LogP contribution is 2.39. The fourth-order valence-electron chi connectivity index (χ4n) is 2.08. The molecule has 21 heavy (non-hydrogen) atoms. The number of β-lactam (4-membered cyclic amide) rings is 1. The molecular formula is C13H18N2O5S. The van der Waals surface area contributed by atoms with Gasteiger partial charge in [-0.1, -0.05) is 0 Å². The predicted octanol–water partition coefficient (Wildman–Crippen LogP) is 1.15. The molecule has 116 valence electrons. The van der Waals surface area contributed by atoms with Crippen molar-refractivity contribution in [3.8, 4) is 0 Å². The SMILES string of the molecule is [2H]C([2H])([2H])C1=CS[C@@H]2[C@H](NC(=O)OC(C)(C)C)C(=O)N2[C@H]1C(=O)O. The summed E-state index contributed by atoms with van der Waals surface area (Å²) < 4.78 is 27.3. The Balaban J connectivity index is 2.17. The average molecular weight is 317 g/mol. The first-order valence-corrected chi connectivity index (χ1v) is 7.18. The van der Waals surface area contributed by atoms with E-state index in [0.717, 1.165) is 16.7 Å². The van der Waals surface area contributed by atoms with Gasteiger partial charge in [0.25, 0.3) is 0 Å². The van der Waals surface area contributed by atoms with Crippen molar-refractivity contribution in [2.24, 2.45) is 0 Å². The summed E-state index contributed by atoms with van der Waals surface area (Å²) in [6.07, 6.45) is -0.793. The maximum atomic E-state index is 12.3. The van der Waals surface area contributed by atoms with Crippen LogP contribution in [0.5, 0.6) is 0 Å². The number of aliphatic carboxylic acids is 1. The fourth-order valence-corrected chi connectivity index (χ4v) is 3.19. The van der Waals surface area contributed by atoms with Gasteiger partial charge in [-0.25, -0.2) is 9.59 Å². The highest BCUT2D eigenvalue weighted by atomic mass is 32.2. The highest BCUT2D eigenvalue weighted by molar-refractivity contribution is 8.02. The fraction of sp³-hybridized carbons (Fsp3) is 0.615. The van der Waals surface area contributed by atoms with Crippen LogP contribution in [0.4, 0.5) is 4.79 Å². The molecule has 0 spiro atoms. The lowest BCUT2D eigenvalue weighted by atomic mass is 9.99. The number of nitrogens with one attached hydrogen (secondary N) is 1. The zero-order chi connectivity index (χ0) is 18.4. The van der Waals surface area contributed by atoms with Gasteiger partial charge >= 0.3 is 12.1 Å². The van der Waals surface area contributed by atoms with Gasteiger partial charge in [-0.3, -0.25) is 4.79 Å². The Morgan fingerprint density at radius 1 is 1.52 bits per heavy atom. The number of carboxylic acids is 1. The molecule has 0 aromatic rings. The van der Waals surface area contributed by atoms with E-state index >= 15 is 0 Å². The molecule has 2 rings (SSSR count). The zero-order valence-electron chi connectivity index (χ0n) is 14.7. The van der Waals surface area contributed by atoms with Gasteiger partial charge in [0.1, 0.15) is 17.0 Å². The third kappa shape index (κ3) is 2.99. The van der Waals surface area contributed by atoms with E-state index in [9.17, 15) is 19.5 Å². The molecule has 0 saturated carbocycles. The van der Waals surface area contributed by atoms with Crippen molar-refractivity contribution >= 4 is 29.7 Å². The summed E-state index contributed by atoms with van der Waals surface area (Å²) >= 11 is 0.990. The normalized spacial score (nSPS) is 30.9. The molecule has 7 nitrogen and oxygen atoms in total. The van der Waals surface area contributed by atoms with Crippen molar-refractivity contribution in [3.63, 3.8) is 0 Å². The number of fused-ring (bicyclic) bond motifs is 1. The number of alkyl carbamates (subject to hydrolysis) is 1. The van der Waals surface area contributed by atoms with Crippen molar-refractivity contribution in [2.45, 2.75) is 50.7 Å². The first-order chi connectivity index (χ1) is 10.8. The molecular weight excluding hydrogens is 296 g/mol. The molecule has 3 atom stereocenters. The Hall–Kier alpha value is -1.70. The van der Waals surface area contributed by atoms with E-state index in [4.69, 9.17) is 8.85 Å². The Kier molecular flexibility index (Phi) is 2.98. The van der Waals surface area contributed by atoms with Crippen LogP contribution in [0.15, 0.2) is 11.0 Å². The molecule has 0 unspecified atom stereocenters. The Bertz CT molecular complexity index is 614. The number of carbonyl (C=O) groups is 3. The number of carboxylic acid groups (broad SMARTS) is 1. The van der Waals surface area contributed by atoms with E-state index in [1.807, 2.05) is 0 Å². The number of nitrogens with zero attached hydrogens (tertiary/aromatic N) is 1. The lowest BCUT2D eigenvalue weighted by molar-refractivity contribution is -0.159. The molecule has 2 aliphatic heterocycles. The molecule has 2 N–H and O–H groups in total. The summed E-state index contributed by atoms with van der Waals surface area (Å²) in [5.41, 5.74) is -1.06. The lowest BCUT2D eigenvalue weighted by Gasteiger charge is -2.51. The minimum Gasteiger partial charge on any atom is -0.479 e. The third-order valence-corrected chi connectivity index (χ3v) is 4.06. The topological polar surface area (TPSA) is 95.9 Å².